The van der Waals surface area contributed by atoms with Crippen LogP contribution in [0.1, 0.15) is 5.69 Å². The molecule has 0 amide bonds. The summed E-state index contributed by atoms with van der Waals surface area (Å²) in [6, 6.07) is 8.19. The Balaban J connectivity index is 1.77. The Morgan fingerprint density at radius 3 is 3.06 bits per heavy atom. The minimum absolute atomic E-state index is 0.798. The van der Waals surface area contributed by atoms with E-state index < -0.39 is 0 Å². The summed E-state index contributed by atoms with van der Waals surface area (Å²) in [5, 5.41) is 8.25. The molecule has 0 spiro atoms. The summed E-state index contributed by atoms with van der Waals surface area (Å²) in [5.74, 6) is 0.798. The van der Waals surface area contributed by atoms with Gasteiger partial charge in [0.25, 0.3) is 0 Å². The zero-order chi connectivity index (χ0) is 12.4. The van der Waals surface area contributed by atoms with Crippen LogP contribution in [0.15, 0.2) is 28.6 Å². The highest BCUT2D eigenvalue weighted by Crippen LogP contribution is 2.32. The van der Waals surface area contributed by atoms with Crippen LogP contribution in [0.4, 0.5) is 5.00 Å². The van der Waals surface area contributed by atoms with E-state index in [0.29, 0.717) is 0 Å². The molecule has 2 heterocycles. The van der Waals surface area contributed by atoms with E-state index in [4.69, 9.17) is 0 Å². The molecule has 1 aromatic carbocycles. The Labute approximate surface area is 117 Å². The second-order valence-corrected chi connectivity index (χ2v) is 6.54. The van der Waals surface area contributed by atoms with Crippen LogP contribution in [0, 0.1) is 0 Å². The summed E-state index contributed by atoms with van der Waals surface area (Å²) < 4.78 is 6.25. The first-order valence-corrected chi connectivity index (χ1v) is 7.91. The predicted octanol–water partition coefficient (Wildman–Crippen LogP) is 3.48. The Kier molecular flexibility index (Phi) is 3.44. The lowest BCUT2D eigenvalue weighted by Gasteiger charge is -1.97. The number of rotatable bonds is 4. The van der Waals surface area contributed by atoms with Gasteiger partial charge in [-0.05, 0) is 12.1 Å². The molecule has 0 aliphatic rings. The molecule has 3 rings (SSSR count). The number of hydrogen-bond acceptors (Lipinski definition) is 7. The van der Waals surface area contributed by atoms with E-state index >= 15 is 0 Å². The van der Waals surface area contributed by atoms with Gasteiger partial charge in [0.2, 0.25) is 0 Å². The second-order valence-electron chi connectivity index (χ2n) is 3.53. The minimum atomic E-state index is 0.798. The maximum absolute atomic E-state index is 4.58. The quantitative estimate of drug-likeness (QED) is 0.747. The molecule has 18 heavy (non-hydrogen) atoms. The lowest BCUT2D eigenvalue weighted by Crippen LogP contribution is -1.90. The Morgan fingerprint density at radius 1 is 1.33 bits per heavy atom. The number of fused-ring (bicyclic) bond motifs is 1. The highest BCUT2D eigenvalue weighted by atomic mass is 32.2. The average Bonchev–Trinajstić information content (AvgIpc) is 3.01. The van der Waals surface area contributed by atoms with Gasteiger partial charge in [0.1, 0.15) is 10.7 Å². The van der Waals surface area contributed by atoms with Gasteiger partial charge in [-0.25, -0.2) is 4.98 Å². The minimum Gasteiger partial charge on any atom is -0.377 e. The molecule has 0 aliphatic carbocycles. The van der Waals surface area contributed by atoms with Crippen molar-refractivity contribution in [1.82, 2.24) is 14.6 Å². The molecular weight excluding hydrogens is 284 g/mol. The first-order chi connectivity index (χ1) is 8.86. The number of para-hydroxylation sites is 1. The highest BCUT2D eigenvalue weighted by molar-refractivity contribution is 8.00. The van der Waals surface area contributed by atoms with Crippen LogP contribution >= 0.6 is 34.6 Å². The molecule has 0 bridgehead atoms. The number of nitrogens with one attached hydrogen (secondary N) is 1. The SMILES string of the molecule is CNc1snnc1CSc1nc2ccccc2s1. The zero-order valence-corrected chi connectivity index (χ0v) is 12.0. The summed E-state index contributed by atoms with van der Waals surface area (Å²) in [7, 11) is 1.89. The number of hydrogen-bond donors (Lipinski definition) is 1. The monoisotopic (exact) mass is 294 g/mol. The number of aromatic nitrogens is 3. The Hall–Kier alpha value is -1.18. The maximum atomic E-state index is 4.58. The van der Waals surface area contributed by atoms with Crippen LogP contribution in [-0.4, -0.2) is 21.6 Å². The molecule has 0 saturated carbocycles. The van der Waals surface area contributed by atoms with Crippen molar-refractivity contribution in [2.75, 3.05) is 12.4 Å². The molecule has 92 valence electrons. The van der Waals surface area contributed by atoms with Gasteiger partial charge in [-0.15, -0.1) is 16.4 Å². The number of thiazole rings is 1. The van der Waals surface area contributed by atoms with E-state index in [1.54, 1.807) is 23.1 Å². The molecule has 2 aromatic heterocycles. The van der Waals surface area contributed by atoms with Crippen molar-refractivity contribution in [3.63, 3.8) is 0 Å². The number of anilines is 1. The molecule has 0 aliphatic heterocycles. The highest BCUT2D eigenvalue weighted by Gasteiger charge is 2.09. The third-order valence-corrected chi connectivity index (χ3v) is 5.37. The van der Waals surface area contributed by atoms with E-state index in [2.05, 4.69) is 26.0 Å². The van der Waals surface area contributed by atoms with Crippen molar-refractivity contribution < 1.29 is 0 Å². The standard InChI is InChI=1S/C11H10N4S3/c1-12-10-8(14-15-18-10)6-16-11-13-7-4-2-3-5-9(7)17-11/h2-5,12H,6H2,1H3. The maximum Gasteiger partial charge on any atom is 0.151 e. The fourth-order valence-electron chi connectivity index (χ4n) is 1.54. The van der Waals surface area contributed by atoms with Gasteiger partial charge in [0.15, 0.2) is 4.34 Å². The van der Waals surface area contributed by atoms with E-state index in [9.17, 15) is 0 Å². The summed E-state index contributed by atoms with van der Waals surface area (Å²) in [4.78, 5) is 4.58. The average molecular weight is 294 g/mol. The van der Waals surface area contributed by atoms with Crippen LogP contribution in [0.5, 0.6) is 0 Å². The molecule has 3 aromatic rings. The van der Waals surface area contributed by atoms with Crippen molar-refractivity contribution in [1.29, 1.82) is 0 Å². The van der Waals surface area contributed by atoms with Crippen molar-refractivity contribution in [3.05, 3.63) is 30.0 Å². The number of thioether (sulfide) groups is 1. The molecule has 4 nitrogen and oxygen atoms in total. The Morgan fingerprint density at radius 2 is 2.22 bits per heavy atom. The predicted molar refractivity (Wildman–Crippen MR) is 78.6 cm³/mol. The van der Waals surface area contributed by atoms with E-state index in [1.807, 2.05) is 25.2 Å². The first-order valence-electron chi connectivity index (χ1n) is 5.34. The normalized spacial score (nSPS) is 10.9. The lowest BCUT2D eigenvalue weighted by atomic mass is 10.3. The fraction of sp³-hybridized carbons (Fsp3) is 0.182. The first kappa shape index (κ1) is 11.9. The van der Waals surface area contributed by atoms with Crippen molar-refractivity contribution >= 4 is 49.8 Å². The Bertz CT molecular complexity index is 628. The van der Waals surface area contributed by atoms with Crippen LogP contribution < -0.4 is 5.32 Å². The van der Waals surface area contributed by atoms with E-state index in [-0.39, 0.29) is 0 Å². The molecule has 0 atom stereocenters. The summed E-state index contributed by atoms with van der Waals surface area (Å²) >= 11 is 4.81. The molecular formula is C11H10N4S3. The summed E-state index contributed by atoms with van der Waals surface area (Å²) in [5.41, 5.74) is 2.06. The second kappa shape index (κ2) is 5.21. The van der Waals surface area contributed by atoms with Gasteiger partial charge in [0.05, 0.1) is 10.2 Å². The fourth-order valence-corrected chi connectivity index (χ4v) is 4.16. The van der Waals surface area contributed by atoms with Crippen molar-refractivity contribution in [2.45, 2.75) is 10.1 Å². The van der Waals surface area contributed by atoms with Crippen LogP contribution in [0.2, 0.25) is 0 Å². The van der Waals surface area contributed by atoms with Crippen LogP contribution in [0.25, 0.3) is 10.2 Å². The van der Waals surface area contributed by atoms with Gasteiger partial charge in [-0.2, -0.15) is 0 Å². The van der Waals surface area contributed by atoms with Crippen LogP contribution in [0.3, 0.4) is 0 Å². The molecule has 0 unspecified atom stereocenters. The van der Waals surface area contributed by atoms with E-state index in [0.717, 1.165) is 26.3 Å². The zero-order valence-electron chi connectivity index (χ0n) is 9.58. The molecule has 7 heteroatoms. The third kappa shape index (κ3) is 2.33. The van der Waals surface area contributed by atoms with E-state index in [1.165, 1.54) is 16.2 Å². The molecule has 0 saturated heterocycles. The smallest absolute Gasteiger partial charge is 0.151 e. The van der Waals surface area contributed by atoms with Crippen molar-refractivity contribution in [3.8, 4) is 0 Å². The van der Waals surface area contributed by atoms with Gasteiger partial charge in [0, 0.05) is 24.3 Å². The number of benzene rings is 1. The summed E-state index contributed by atoms with van der Waals surface area (Å²) in [6.07, 6.45) is 0. The molecule has 0 fully saturated rings. The van der Waals surface area contributed by atoms with Gasteiger partial charge in [-0.1, -0.05) is 28.4 Å². The topological polar surface area (TPSA) is 50.7 Å². The molecule has 1 N–H and O–H groups in total. The number of nitrogens with zero attached hydrogens (tertiary/aromatic N) is 3. The van der Waals surface area contributed by atoms with Gasteiger partial charge < -0.3 is 5.32 Å². The van der Waals surface area contributed by atoms with Gasteiger partial charge >= 0.3 is 0 Å². The van der Waals surface area contributed by atoms with Gasteiger partial charge in [-0.3, -0.25) is 0 Å². The summed E-state index contributed by atoms with van der Waals surface area (Å²) in [6.45, 7) is 0. The molecule has 0 radical (unpaired) electrons. The van der Waals surface area contributed by atoms with Crippen LogP contribution in [-0.2, 0) is 5.75 Å². The third-order valence-electron chi connectivity index (χ3n) is 2.39. The van der Waals surface area contributed by atoms with Crippen molar-refractivity contribution in [2.24, 2.45) is 0 Å². The largest absolute Gasteiger partial charge is 0.377 e. The lowest BCUT2D eigenvalue weighted by molar-refractivity contribution is 1.07.